The molecule has 0 amide bonds. The molecule has 0 aliphatic carbocycles. The van der Waals surface area contributed by atoms with Gasteiger partial charge in [0.05, 0.1) is 10.1 Å². The fraction of sp³-hybridized carbons (Fsp3) is 0.333. The van der Waals surface area contributed by atoms with Crippen LogP contribution in [0.1, 0.15) is 6.92 Å². The molecule has 1 aromatic carbocycles. The molecule has 2 nitrogen and oxygen atoms in total. The lowest BCUT2D eigenvalue weighted by Gasteiger charge is -2.08. The van der Waals surface area contributed by atoms with E-state index in [0.29, 0.717) is 10.2 Å². The van der Waals surface area contributed by atoms with Crippen LogP contribution in [0.5, 0.6) is 0 Å². The van der Waals surface area contributed by atoms with Crippen LogP contribution in [0.15, 0.2) is 35.2 Å². The number of benzene rings is 1. The number of rotatable bonds is 3. The lowest BCUT2D eigenvalue weighted by Crippen LogP contribution is -2.19. The van der Waals surface area contributed by atoms with Gasteiger partial charge in [-0.1, -0.05) is 34.1 Å². The Hall–Kier alpha value is -0.350. The molecule has 0 saturated heterocycles. The van der Waals surface area contributed by atoms with E-state index < -0.39 is 9.84 Å². The van der Waals surface area contributed by atoms with Gasteiger partial charge in [0, 0.05) is 5.33 Å². The highest BCUT2D eigenvalue weighted by Gasteiger charge is 2.21. The van der Waals surface area contributed by atoms with Gasteiger partial charge >= 0.3 is 0 Å². The molecular formula is C9H11BrO2S. The topological polar surface area (TPSA) is 34.1 Å². The van der Waals surface area contributed by atoms with Crippen molar-refractivity contribution in [3.8, 4) is 0 Å². The third-order valence-corrected chi connectivity index (χ3v) is 5.37. The van der Waals surface area contributed by atoms with Crippen molar-refractivity contribution in [2.75, 3.05) is 5.33 Å². The second-order valence-electron chi connectivity index (χ2n) is 2.82. The van der Waals surface area contributed by atoms with Crippen LogP contribution in [0.2, 0.25) is 0 Å². The van der Waals surface area contributed by atoms with Crippen molar-refractivity contribution < 1.29 is 8.42 Å². The Labute approximate surface area is 87.0 Å². The Kier molecular flexibility index (Phi) is 3.50. The predicted molar refractivity (Wildman–Crippen MR) is 56.9 cm³/mol. The summed E-state index contributed by atoms with van der Waals surface area (Å²) in [6, 6.07) is 8.50. The first-order valence-electron chi connectivity index (χ1n) is 3.94. The maximum absolute atomic E-state index is 11.7. The minimum Gasteiger partial charge on any atom is -0.223 e. The van der Waals surface area contributed by atoms with Gasteiger partial charge in [0.15, 0.2) is 9.84 Å². The van der Waals surface area contributed by atoms with Crippen LogP contribution in [0.3, 0.4) is 0 Å². The average molecular weight is 263 g/mol. The lowest BCUT2D eigenvalue weighted by molar-refractivity contribution is 0.588. The van der Waals surface area contributed by atoms with E-state index in [0.717, 1.165) is 0 Å². The molecule has 1 atom stereocenters. The van der Waals surface area contributed by atoms with Crippen molar-refractivity contribution >= 4 is 25.8 Å². The molecule has 0 aromatic heterocycles. The molecule has 0 saturated carbocycles. The summed E-state index contributed by atoms with van der Waals surface area (Å²) in [5.41, 5.74) is 0. The number of sulfone groups is 1. The highest BCUT2D eigenvalue weighted by molar-refractivity contribution is 9.09. The minimum atomic E-state index is -3.14. The Morgan fingerprint density at radius 2 is 1.85 bits per heavy atom. The van der Waals surface area contributed by atoms with E-state index in [1.54, 1.807) is 37.3 Å². The maximum atomic E-state index is 11.7. The van der Waals surface area contributed by atoms with Crippen LogP contribution in [-0.4, -0.2) is 19.0 Å². The largest absolute Gasteiger partial charge is 0.223 e. The molecule has 13 heavy (non-hydrogen) atoms. The van der Waals surface area contributed by atoms with Gasteiger partial charge < -0.3 is 0 Å². The number of hydrogen-bond donors (Lipinski definition) is 0. The molecule has 0 radical (unpaired) electrons. The van der Waals surface area contributed by atoms with Crippen LogP contribution in [0.25, 0.3) is 0 Å². The van der Waals surface area contributed by atoms with Crippen LogP contribution in [0.4, 0.5) is 0 Å². The van der Waals surface area contributed by atoms with Crippen LogP contribution in [-0.2, 0) is 9.84 Å². The Bertz CT molecular complexity index is 358. The first kappa shape index (κ1) is 10.7. The van der Waals surface area contributed by atoms with E-state index in [2.05, 4.69) is 15.9 Å². The summed E-state index contributed by atoms with van der Waals surface area (Å²) >= 11 is 3.17. The van der Waals surface area contributed by atoms with Gasteiger partial charge in [0.1, 0.15) is 0 Å². The van der Waals surface area contributed by atoms with Crippen molar-refractivity contribution in [3.05, 3.63) is 30.3 Å². The minimum absolute atomic E-state index is 0.380. The molecule has 1 aromatic rings. The second kappa shape index (κ2) is 4.24. The SMILES string of the molecule is CC(CBr)S(=O)(=O)c1ccccc1. The monoisotopic (exact) mass is 262 g/mol. The summed E-state index contributed by atoms with van der Waals surface area (Å²) in [6.07, 6.45) is 0. The highest BCUT2D eigenvalue weighted by Crippen LogP contribution is 2.16. The third-order valence-electron chi connectivity index (χ3n) is 1.82. The summed E-state index contributed by atoms with van der Waals surface area (Å²) in [6.45, 7) is 1.69. The van der Waals surface area contributed by atoms with E-state index in [9.17, 15) is 8.42 Å². The summed E-state index contributed by atoms with van der Waals surface area (Å²) in [7, 11) is -3.14. The van der Waals surface area contributed by atoms with Gasteiger partial charge in [0.2, 0.25) is 0 Å². The fourth-order valence-electron chi connectivity index (χ4n) is 0.925. The molecule has 4 heteroatoms. The summed E-state index contributed by atoms with van der Waals surface area (Å²) < 4.78 is 23.5. The Balaban J connectivity index is 3.09. The van der Waals surface area contributed by atoms with Gasteiger partial charge in [-0.2, -0.15) is 0 Å². The van der Waals surface area contributed by atoms with Crippen molar-refractivity contribution in [3.63, 3.8) is 0 Å². The van der Waals surface area contributed by atoms with Gasteiger partial charge in [-0.05, 0) is 19.1 Å². The van der Waals surface area contributed by atoms with Gasteiger partial charge in [-0.25, -0.2) is 8.42 Å². The smallest absolute Gasteiger partial charge is 0.181 e. The summed E-state index contributed by atoms with van der Waals surface area (Å²) in [5.74, 6) is 0. The highest BCUT2D eigenvalue weighted by atomic mass is 79.9. The van der Waals surface area contributed by atoms with Crippen molar-refractivity contribution in [1.82, 2.24) is 0 Å². The summed E-state index contributed by atoms with van der Waals surface area (Å²) in [5, 5.41) is 0.0828. The molecule has 1 rings (SSSR count). The fourth-order valence-corrected chi connectivity index (χ4v) is 3.14. The quantitative estimate of drug-likeness (QED) is 0.784. The number of hydrogen-bond acceptors (Lipinski definition) is 2. The van der Waals surface area contributed by atoms with E-state index in [-0.39, 0.29) is 5.25 Å². The standard InChI is InChI=1S/C9H11BrO2S/c1-8(7-10)13(11,12)9-5-3-2-4-6-9/h2-6,8H,7H2,1H3. The van der Waals surface area contributed by atoms with E-state index in [1.807, 2.05) is 0 Å². The zero-order valence-corrected chi connectivity index (χ0v) is 9.68. The second-order valence-corrected chi connectivity index (χ2v) is 5.84. The van der Waals surface area contributed by atoms with Crippen LogP contribution < -0.4 is 0 Å². The molecule has 0 spiro atoms. The zero-order valence-electron chi connectivity index (χ0n) is 7.27. The van der Waals surface area contributed by atoms with Crippen molar-refractivity contribution in [1.29, 1.82) is 0 Å². The maximum Gasteiger partial charge on any atom is 0.181 e. The van der Waals surface area contributed by atoms with Gasteiger partial charge in [-0.3, -0.25) is 0 Å². The molecule has 0 N–H and O–H groups in total. The first-order chi connectivity index (χ1) is 6.09. The third kappa shape index (κ3) is 2.31. The molecule has 0 fully saturated rings. The van der Waals surface area contributed by atoms with Gasteiger partial charge in [0.25, 0.3) is 0 Å². The van der Waals surface area contributed by atoms with E-state index in [1.165, 1.54) is 0 Å². The average Bonchev–Trinajstić information content (AvgIpc) is 2.18. The molecule has 0 aliphatic heterocycles. The van der Waals surface area contributed by atoms with Gasteiger partial charge in [-0.15, -0.1) is 0 Å². The van der Waals surface area contributed by atoms with Crippen molar-refractivity contribution in [2.24, 2.45) is 0 Å². The number of alkyl halides is 1. The molecule has 0 aliphatic rings. The van der Waals surface area contributed by atoms with Crippen LogP contribution >= 0.6 is 15.9 Å². The number of halogens is 1. The van der Waals surface area contributed by atoms with E-state index >= 15 is 0 Å². The Morgan fingerprint density at radius 3 is 2.31 bits per heavy atom. The normalized spacial score (nSPS) is 14.0. The molecule has 1 unspecified atom stereocenters. The molecule has 0 heterocycles. The molecule has 72 valence electrons. The first-order valence-corrected chi connectivity index (χ1v) is 6.60. The van der Waals surface area contributed by atoms with E-state index in [4.69, 9.17) is 0 Å². The molecule has 0 bridgehead atoms. The zero-order chi connectivity index (χ0) is 9.90. The van der Waals surface area contributed by atoms with Crippen LogP contribution in [0, 0.1) is 0 Å². The van der Waals surface area contributed by atoms with Crippen molar-refractivity contribution in [2.45, 2.75) is 17.1 Å². The predicted octanol–water partition coefficient (Wildman–Crippen LogP) is 2.24. The Morgan fingerprint density at radius 1 is 1.31 bits per heavy atom. The lowest BCUT2D eigenvalue weighted by atomic mass is 10.4. The summed E-state index contributed by atoms with van der Waals surface area (Å²) in [4.78, 5) is 0.391. The molecular weight excluding hydrogens is 252 g/mol.